The molecule has 4 heteroatoms. The predicted molar refractivity (Wildman–Crippen MR) is 74.2 cm³/mol. The summed E-state index contributed by atoms with van der Waals surface area (Å²) in [4.78, 5) is 0. The highest BCUT2D eigenvalue weighted by Crippen LogP contribution is 2.22. The van der Waals surface area contributed by atoms with E-state index in [4.69, 9.17) is 0 Å². The van der Waals surface area contributed by atoms with Crippen molar-refractivity contribution in [2.24, 2.45) is 0 Å². The van der Waals surface area contributed by atoms with Gasteiger partial charge in [0.05, 0.1) is 6.10 Å². The van der Waals surface area contributed by atoms with Gasteiger partial charge < -0.3 is 5.11 Å². The first-order chi connectivity index (χ1) is 8.58. The summed E-state index contributed by atoms with van der Waals surface area (Å²) in [7, 11) is 0. The summed E-state index contributed by atoms with van der Waals surface area (Å²) in [6, 6.07) is 11.3. The summed E-state index contributed by atoms with van der Waals surface area (Å²) >= 11 is 2.14. The maximum Gasteiger partial charge on any atom is 0.162 e. The molecule has 1 nitrogen and oxygen atoms in total. The summed E-state index contributed by atoms with van der Waals surface area (Å²) in [5, 5.41) is 10.0. The van der Waals surface area contributed by atoms with Crippen molar-refractivity contribution < 1.29 is 13.9 Å². The molecule has 1 N–H and O–H groups in total. The molecular formula is C14H11F2IO. The molecule has 0 saturated carbocycles. The number of rotatable bonds is 3. The van der Waals surface area contributed by atoms with Crippen LogP contribution in [0.3, 0.4) is 0 Å². The van der Waals surface area contributed by atoms with Gasteiger partial charge in [0.25, 0.3) is 0 Å². The number of hydrogen-bond acceptors (Lipinski definition) is 1. The van der Waals surface area contributed by atoms with Gasteiger partial charge in [-0.25, -0.2) is 8.78 Å². The molecule has 0 heterocycles. The molecule has 0 amide bonds. The number of benzene rings is 2. The van der Waals surface area contributed by atoms with Crippen molar-refractivity contribution in [3.8, 4) is 0 Å². The Hall–Kier alpha value is -1.01. The van der Waals surface area contributed by atoms with Gasteiger partial charge in [-0.15, -0.1) is 0 Å². The molecule has 0 fully saturated rings. The van der Waals surface area contributed by atoms with Gasteiger partial charge in [0.1, 0.15) is 0 Å². The van der Waals surface area contributed by atoms with Crippen LogP contribution in [0.5, 0.6) is 0 Å². The Bertz CT molecular complexity index is 557. The maximum absolute atomic E-state index is 13.5. The van der Waals surface area contributed by atoms with Crippen LogP contribution in [-0.4, -0.2) is 5.11 Å². The lowest BCUT2D eigenvalue weighted by molar-refractivity contribution is 0.176. The molecule has 1 unspecified atom stereocenters. The van der Waals surface area contributed by atoms with Crippen molar-refractivity contribution in [3.05, 3.63) is 68.8 Å². The lowest BCUT2D eigenvalue weighted by Crippen LogP contribution is -2.04. The van der Waals surface area contributed by atoms with Crippen LogP contribution >= 0.6 is 22.6 Å². The second-order valence-corrected chi connectivity index (χ2v) is 5.23. The second kappa shape index (κ2) is 5.75. The van der Waals surface area contributed by atoms with Crippen LogP contribution in [0.15, 0.2) is 42.5 Å². The third-order valence-electron chi connectivity index (χ3n) is 2.68. The van der Waals surface area contributed by atoms with Crippen molar-refractivity contribution >= 4 is 22.6 Å². The van der Waals surface area contributed by atoms with Gasteiger partial charge in [-0.05, 0) is 51.9 Å². The molecule has 0 aliphatic rings. The van der Waals surface area contributed by atoms with E-state index in [-0.39, 0.29) is 12.0 Å². The number of aliphatic hydroxyl groups excluding tert-OH is 1. The Morgan fingerprint density at radius 1 is 1.11 bits per heavy atom. The summed E-state index contributed by atoms with van der Waals surface area (Å²) in [5.41, 5.74) is 0.881. The monoisotopic (exact) mass is 360 g/mol. The molecule has 18 heavy (non-hydrogen) atoms. The van der Waals surface area contributed by atoms with E-state index in [0.717, 1.165) is 9.64 Å². The van der Waals surface area contributed by atoms with Crippen molar-refractivity contribution in [1.29, 1.82) is 0 Å². The summed E-state index contributed by atoms with van der Waals surface area (Å²) in [6.07, 6.45) is -0.778. The zero-order chi connectivity index (χ0) is 13.1. The molecule has 1 atom stereocenters. The van der Waals surface area contributed by atoms with Crippen LogP contribution in [0, 0.1) is 15.2 Å². The van der Waals surface area contributed by atoms with Crippen molar-refractivity contribution in [3.63, 3.8) is 0 Å². The van der Waals surface area contributed by atoms with Gasteiger partial charge in [0, 0.05) is 9.99 Å². The first-order valence-electron chi connectivity index (χ1n) is 5.44. The van der Waals surface area contributed by atoms with Gasteiger partial charge in [-0.3, -0.25) is 0 Å². The molecule has 2 rings (SSSR count). The number of halogens is 3. The second-order valence-electron chi connectivity index (χ2n) is 3.99. The highest BCUT2D eigenvalue weighted by atomic mass is 127. The van der Waals surface area contributed by atoms with E-state index < -0.39 is 17.7 Å². The fourth-order valence-electron chi connectivity index (χ4n) is 1.75. The number of hydrogen-bond donors (Lipinski definition) is 1. The fraction of sp³-hybridized carbons (Fsp3) is 0.143. The molecule has 0 radical (unpaired) electrons. The zero-order valence-corrected chi connectivity index (χ0v) is 11.6. The Morgan fingerprint density at radius 2 is 1.83 bits per heavy atom. The SMILES string of the molecule is OC(Cc1cccc(F)c1F)c1cccc(I)c1. The van der Waals surface area contributed by atoms with E-state index in [1.807, 2.05) is 18.2 Å². The average molecular weight is 360 g/mol. The third-order valence-corrected chi connectivity index (χ3v) is 3.35. The highest BCUT2D eigenvalue weighted by molar-refractivity contribution is 14.1. The highest BCUT2D eigenvalue weighted by Gasteiger charge is 2.14. The minimum absolute atomic E-state index is 0.0592. The normalized spacial score (nSPS) is 12.4. The molecule has 2 aromatic rings. The summed E-state index contributed by atoms with van der Waals surface area (Å²) < 4.78 is 27.5. The first-order valence-corrected chi connectivity index (χ1v) is 6.52. The maximum atomic E-state index is 13.5. The summed E-state index contributed by atoms with van der Waals surface area (Å²) in [5.74, 6) is -1.77. The van der Waals surface area contributed by atoms with Crippen LogP contribution in [0.2, 0.25) is 0 Å². The largest absolute Gasteiger partial charge is 0.388 e. The van der Waals surface area contributed by atoms with Crippen LogP contribution in [-0.2, 0) is 6.42 Å². The molecule has 0 aromatic heterocycles. The molecule has 0 bridgehead atoms. The minimum atomic E-state index is -0.887. The quantitative estimate of drug-likeness (QED) is 0.825. The molecule has 0 spiro atoms. The predicted octanol–water partition coefficient (Wildman–Crippen LogP) is 3.85. The third kappa shape index (κ3) is 3.05. The van der Waals surface area contributed by atoms with Crippen LogP contribution in [0.25, 0.3) is 0 Å². The topological polar surface area (TPSA) is 20.2 Å². The van der Waals surface area contributed by atoms with Gasteiger partial charge in [0.2, 0.25) is 0 Å². The molecule has 94 valence electrons. The molecular weight excluding hydrogens is 349 g/mol. The zero-order valence-electron chi connectivity index (χ0n) is 9.41. The van der Waals surface area contributed by atoms with Gasteiger partial charge in [-0.1, -0.05) is 24.3 Å². The van der Waals surface area contributed by atoms with E-state index in [9.17, 15) is 13.9 Å². The van der Waals surface area contributed by atoms with Gasteiger partial charge in [-0.2, -0.15) is 0 Å². The average Bonchev–Trinajstić information content (AvgIpc) is 2.35. The molecule has 2 aromatic carbocycles. The van der Waals surface area contributed by atoms with Crippen molar-refractivity contribution in [1.82, 2.24) is 0 Å². The first kappa shape index (κ1) is 13.4. The lowest BCUT2D eigenvalue weighted by atomic mass is 10.0. The van der Waals surface area contributed by atoms with E-state index in [1.165, 1.54) is 12.1 Å². The van der Waals surface area contributed by atoms with Crippen LogP contribution in [0.4, 0.5) is 8.78 Å². The number of aliphatic hydroxyl groups is 1. The van der Waals surface area contributed by atoms with Crippen molar-refractivity contribution in [2.75, 3.05) is 0 Å². The Kier molecular flexibility index (Phi) is 4.29. The Labute approximate surface area is 118 Å². The summed E-state index contributed by atoms with van der Waals surface area (Å²) in [6.45, 7) is 0. The standard InChI is InChI=1S/C14H11F2IO/c15-12-6-2-4-10(14(12)16)8-13(18)9-3-1-5-11(17)7-9/h1-7,13,18H,8H2. The minimum Gasteiger partial charge on any atom is -0.388 e. The van der Waals surface area contributed by atoms with Gasteiger partial charge >= 0.3 is 0 Å². The lowest BCUT2D eigenvalue weighted by Gasteiger charge is -2.12. The van der Waals surface area contributed by atoms with Gasteiger partial charge in [0.15, 0.2) is 11.6 Å². The van der Waals surface area contributed by atoms with E-state index in [2.05, 4.69) is 22.6 Å². The smallest absolute Gasteiger partial charge is 0.162 e. The van der Waals surface area contributed by atoms with E-state index in [0.29, 0.717) is 5.56 Å². The van der Waals surface area contributed by atoms with E-state index >= 15 is 0 Å². The fourth-order valence-corrected chi connectivity index (χ4v) is 2.31. The van der Waals surface area contributed by atoms with Crippen LogP contribution in [0.1, 0.15) is 17.2 Å². The Morgan fingerprint density at radius 3 is 2.56 bits per heavy atom. The Balaban J connectivity index is 2.21. The van der Waals surface area contributed by atoms with Crippen LogP contribution < -0.4 is 0 Å². The molecule has 0 aliphatic carbocycles. The molecule has 0 aliphatic heterocycles. The van der Waals surface area contributed by atoms with Crippen molar-refractivity contribution in [2.45, 2.75) is 12.5 Å². The molecule has 0 saturated heterocycles. The van der Waals surface area contributed by atoms with E-state index in [1.54, 1.807) is 6.07 Å².